The van der Waals surface area contributed by atoms with Gasteiger partial charge in [-0.25, -0.2) is 0 Å². The van der Waals surface area contributed by atoms with Crippen LogP contribution in [0.1, 0.15) is 24.5 Å². The summed E-state index contributed by atoms with van der Waals surface area (Å²) in [6.45, 7) is 4.70. The summed E-state index contributed by atoms with van der Waals surface area (Å²) in [5.41, 5.74) is 2.42. The van der Waals surface area contributed by atoms with Gasteiger partial charge in [-0.05, 0) is 42.6 Å². The van der Waals surface area contributed by atoms with E-state index in [4.69, 9.17) is 4.74 Å². The van der Waals surface area contributed by atoms with Crippen LogP contribution in [-0.2, 0) is 13.0 Å². The molecule has 0 radical (unpaired) electrons. The topological polar surface area (TPSA) is 32.7 Å². The fraction of sp³-hybridized carbons (Fsp3) is 0.400. The number of methoxy groups -OCH3 is 1. The maximum atomic E-state index is 10.4. The van der Waals surface area contributed by atoms with Gasteiger partial charge in [0.25, 0.3) is 0 Å². The van der Waals surface area contributed by atoms with Crippen molar-refractivity contribution < 1.29 is 9.84 Å². The zero-order valence-corrected chi connectivity index (χ0v) is 14.1. The third kappa shape index (κ3) is 6.05. The number of rotatable bonds is 9. The minimum absolute atomic E-state index is 0.345. The zero-order chi connectivity index (χ0) is 16.5. The molecule has 3 nitrogen and oxygen atoms in total. The van der Waals surface area contributed by atoms with E-state index < -0.39 is 0 Å². The lowest BCUT2D eigenvalue weighted by Gasteiger charge is -2.25. The summed E-state index contributed by atoms with van der Waals surface area (Å²) in [4.78, 5) is 2.31. The van der Waals surface area contributed by atoms with Crippen molar-refractivity contribution in [2.45, 2.75) is 32.4 Å². The highest BCUT2D eigenvalue weighted by Crippen LogP contribution is 2.14. The van der Waals surface area contributed by atoms with Crippen LogP contribution in [-0.4, -0.2) is 36.3 Å². The highest BCUT2D eigenvalue weighted by Gasteiger charge is 2.12. The third-order valence-corrected chi connectivity index (χ3v) is 3.89. The smallest absolute Gasteiger partial charge is 0.118 e. The molecule has 1 unspecified atom stereocenters. The van der Waals surface area contributed by atoms with Crippen LogP contribution in [0.3, 0.4) is 0 Å². The molecule has 0 saturated carbocycles. The lowest BCUT2D eigenvalue weighted by atomic mass is 10.1. The summed E-state index contributed by atoms with van der Waals surface area (Å²) in [5.74, 6) is 0.875. The zero-order valence-electron chi connectivity index (χ0n) is 14.1. The second-order valence-corrected chi connectivity index (χ2v) is 5.93. The number of aliphatic hydroxyl groups excluding tert-OH is 1. The van der Waals surface area contributed by atoms with E-state index in [1.54, 1.807) is 7.11 Å². The van der Waals surface area contributed by atoms with Gasteiger partial charge in [0.2, 0.25) is 0 Å². The van der Waals surface area contributed by atoms with Gasteiger partial charge < -0.3 is 9.84 Å². The standard InChI is InChI=1S/C20H27NO2/c1-3-13-21(15-18-9-11-20(23-2)12-10-18)16-19(22)14-17-7-5-4-6-8-17/h4-12,19,22H,3,13-16H2,1-2H3. The first kappa shape index (κ1) is 17.5. The van der Waals surface area contributed by atoms with Crippen molar-refractivity contribution in [3.05, 3.63) is 65.7 Å². The molecule has 23 heavy (non-hydrogen) atoms. The van der Waals surface area contributed by atoms with Crippen LogP contribution in [0.4, 0.5) is 0 Å². The second-order valence-electron chi connectivity index (χ2n) is 5.93. The van der Waals surface area contributed by atoms with E-state index in [1.807, 2.05) is 30.3 Å². The summed E-state index contributed by atoms with van der Waals surface area (Å²) in [7, 11) is 1.68. The molecule has 0 saturated heterocycles. The molecule has 3 heteroatoms. The van der Waals surface area contributed by atoms with E-state index in [2.05, 4.69) is 36.1 Å². The van der Waals surface area contributed by atoms with Gasteiger partial charge in [-0.3, -0.25) is 4.90 Å². The SMILES string of the molecule is CCCN(Cc1ccc(OC)cc1)CC(O)Cc1ccccc1. The van der Waals surface area contributed by atoms with Crippen molar-refractivity contribution in [3.8, 4) is 5.75 Å². The molecule has 0 spiro atoms. The number of ether oxygens (including phenoxy) is 1. The fourth-order valence-corrected chi connectivity index (χ4v) is 2.79. The highest BCUT2D eigenvalue weighted by molar-refractivity contribution is 5.27. The minimum Gasteiger partial charge on any atom is -0.497 e. The Bertz CT molecular complexity index is 554. The molecule has 2 aromatic carbocycles. The predicted molar refractivity (Wildman–Crippen MR) is 94.7 cm³/mol. The van der Waals surface area contributed by atoms with E-state index in [0.29, 0.717) is 13.0 Å². The normalized spacial score (nSPS) is 12.3. The molecule has 0 amide bonds. The number of benzene rings is 2. The average molecular weight is 313 g/mol. The Morgan fingerprint density at radius 2 is 1.70 bits per heavy atom. The van der Waals surface area contributed by atoms with Crippen LogP contribution in [0.5, 0.6) is 5.75 Å². The Kier molecular flexibility index (Phi) is 7.11. The van der Waals surface area contributed by atoms with Crippen molar-refractivity contribution in [3.63, 3.8) is 0 Å². The van der Waals surface area contributed by atoms with Gasteiger partial charge in [0.1, 0.15) is 5.75 Å². The van der Waals surface area contributed by atoms with Gasteiger partial charge in [0.15, 0.2) is 0 Å². The lowest BCUT2D eigenvalue weighted by Crippen LogP contribution is -2.33. The van der Waals surface area contributed by atoms with Crippen LogP contribution in [0, 0.1) is 0 Å². The summed E-state index contributed by atoms with van der Waals surface area (Å²) in [5, 5.41) is 10.4. The molecule has 2 aromatic rings. The van der Waals surface area contributed by atoms with E-state index >= 15 is 0 Å². The molecule has 124 valence electrons. The first-order valence-electron chi connectivity index (χ1n) is 8.28. The fourth-order valence-electron chi connectivity index (χ4n) is 2.79. The van der Waals surface area contributed by atoms with Gasteiger partial charge in [-0.2, -0.15) is 0 Å². The predicted octanol–water partition coefficient (Wildman–Crippen LogP) is 3.51. The first-order chi connectivity index (χ1) is 11.2. The van der Waals surface area contributed by atoms with Crippen molar-refractivity contribution in [1.29, 1.82) is 0 Å². The van der Waals surface area contributed by atoms with Gasteiger partial charge in [0, 0.05) is 13.1 Å². The maximum Gasteiger partial charge on any atom is 0.118 e. The van der Waals surface area contributed by atoms with Crippen LogP contribution >= 0.6 is 0 Å². The molecule has 1 atom stereocenters. The largest absolute Gasteiger partial charge is 0.497 e. The van der Waals surface area contributed by atoms with Crippen molar-refractivity contribution in [2.24, 2.45) is 0 Å². The first-order valence-corrected chi connectivity index (χ1v) is 8.28. The molecule has 0 aliphatic carbocycles. The molecule has 0 fully saturated rings. The van der Waals surface area contributed by atoms with Crippen LogP contribution in [0.2, 0.25) is 0 Å². The molecule has 2 rings (SSSR count). The van der Waals surface area contributed by atoms with Crippen molar-refractivity contribution >= 4 is 0 Å². The Morgan fingerprint density at radius 3 is 2.30 bits per heavy atom. The number of nitrogens with zero attached hydrogens (tertiary/aromatic N) is 1. The van der Waals surface area contributed by atoms with E-state index in [1.165, 1.54) is 11.1 Å². The Balaban J connectivity index is 1.91. The quantitative estimate of drug-likeness (QED) is 0.769. The summed E-state index contributed by atoms with van der Waals surface area (Å²) < 4.78 is 5.20. The molecule has 0 aromatic heterocycles. The van der Waals surface area contributed by atoms with Crippen molar-refractivity contribution in [1.82, 2.24) is 4.90 Å². The minimum atomic E-state index is -0.345. The number of aliphatic hydroxyl groups is 1. The van der Waals surface area contributed by atoms with Gasteiger partial charge in [-0.15, -0.1) is 0 Å². The van der Waals surface area contributed by atoms with Crippen molar-refractivity contribution in [2.75, 3.05) is 20.2 Å². The number of hydrogen-bond acceptors (Lipinski definition) is 3. The van der Waals surface area contributed by atoms with E-state index in [0.717, 1.165) is 25.3 Å². The van der Waals surface area contributed by atoms with Gasteiger partial charge in [0.05, 0.1) is 13.2 Å². The van der Waals surface area contributed by atoms with Gasteiger partial charge in [-0.1, -0.05) is 49.4 Å². The lowest BCUT2D eigenvalue weighted by molar-refractivity contribution is 0.108. The number of hydrogen-bond donors (Lipinski definition) is 1. The van der Waals surface area contributed by atoms with Crippen LogP contribution < -0.4 is 4.74 Å². The third-order valence-electron chi connectivity index (χ3n) is 3.89. The second kappa shape index (κ2) is 9.33. The summed E-state index contributed by atoms with van der Waals surface area (Å²) in [6.07, 6.45) is 1.43. The molecular weight excluding hydrogens is 286 g/mol. The Morgan fingerprint density at radius 1 is 1.00 bits per heavy atom. The highest BCUT2D eigenvalue weighted by atomic mass is 16.5. The molecule has 1 N–H and O–H groups in total. The Labute approximate surface area is 139 Å². The van der Waals surface area contributed by atoms with Crippen LogP contribution in [0.15, 0.2) is 54.6 Å². The van der Waals surface area contributed by atoms with Gasteiger partial charge >= 0.3 is 0 Å². The Hall–Kier alpha value is -1.84. The van der Waals surface area contributed by atoms with Crippen LogP contribution in [0.25, 0.3) is 0 Å². The molecule has 0 bridgehead atoms. The molecule has 0 aliphatic rings. The molecule has 0 heterocycles. The maximum absolute atomic E-state index is 10.4. The van der Waals surface area contributed by atoms with E-state index in [-0.39, 0.29) is 6.10 Å². The monoisotopic (exact) mass is 313 g/mol. The molecule has 0 aliphatic heterocycles. The average Bonchev–Trinajstić information content (AvgIpc) is 2.56. The summed E-state index contributed by atoms with van der Waals surface area (Å²) >= 11 is 0. The molecular formula is C20H27NO2. The summed E-state index contributed by atoms with van der Waals surface area (Å²) in [6, 6.07) is 18.3. The van der Waals surface area contributed by atoms with E-state index in [9.17, 15) is 5.11 Å².